The summed E-state index contributed by atoms with van der Waals surface area (Å²) in [6, 6.07) is 5.72. The number of hydrogen-bond donors (Lipinski definition) is 2. The van der Waals surface area contributed by atoms with Crippen molar-refractivity contribution in [3.05, 3.63) is 37.1 Å². The van der Waals surface area contributed by atoms with Crippen molar-refractivity contribution in [2.75, 3.05) is 24.5 Å². The van der Waals surface area contributed by atoms with E-state index in [9.17, 15) is 9.90 Å². The summed E-state index contributed by atoms with van der Waals surface area (Å²) in [4.78, 5) is 22.8. The van der Waals surface area contributed by atoms with Gasteiger partial charge in [0.15, 0.2) is 0 Å². The van der Waals surface area contributed by atoms with Crippen molar-refractivity contribution in [3.8, 4) is 0 Å². The van der Waals surface area contributed by atoms with E-state index < -0.39 is 11.1 Å². The molecule has 134 valence electrons. The number of pyridine rings is 1. The first-order chi connectivity index (χ1) is 11.9. The van der Waals surface area contributed by atoms with Gasteiger partial charge in [0.2, 0.25) is 5.91 Å². The molecule has 3 rings (SSSR count). The van der Waals surface area contributed by atoms with Crippen LogP contribution in [-0.2, 0) is 10.3 Å². The second-order valence-corrected chi connectivity index (χ2v) is 7.02. The van der Waals surface area contributed by atoms with E-state index in [0.717, 1.165) is 18.8 Å². The van der Waals surface area contributed by atoms with Crippen LogP contribution in [0.25, 0.3) is 0 Å². The quantitative estimate of drug-likeness (QED) is 0.823. The fraction of sp³-hybridized carbons (Fsp3) is 0.529. The van der Waals surface area contributed by atoms with Gasteiger partial charge in [-0.1, -0.05) is 6.07 Å². The van der Waals surface area contributed by atoms with Gasteiger partial charge in [0, 0.05) is 25.8 Å². The molecule has 8 heteroatoms. The van der Waals surface area contributed by atoms with Crippen LogP contribution in [0, 0.1) is 0 Å². The van der Waals surface area contributed by atoms with Gasteiger partial charge in [0.25, 0.3) is 0 Å². The van der Waals surface area contributed by atoms with Crippen molar-refractivity contribution in [1.82, 2.24) is 25.1 Å². The van der Waals surface area contributed by atoms with Gasteiger partial charge in [-0.3, -0.25) is 4.79 Å². The molecule has 1 fully saturated rings. The number of carbonyl (C=O) groups excluding carboxylic acids is 1. The molecule has 3 heterocycles. The lowest BCUT2D eigenvalue weighted by molar-refractivity contribution is -0.130. The molecule has 25 heavy (non-hydrogen) atoms. The van der Waals surface area contributed by atoms with E-state index in [1.165, 1.54) is 17.3 Å². The fourth-order valence-corrected chi connectivity index (χ4v) is 3.06. The van der Waals surface area contributed by atoms with Crippen LogP contribution < -0.4 is 10.2 Å². The molecule has 0 spiro atoms. The lowest BCUT2D eigenvalue weighted by atomic mass is 9.92. The molecular formula is C17H24N6O2. The van der Waals surface area contributed by atoms with Gasteiger partial charge in [0.1, 0.15) is 24.0 Å². The third-order valence-electron chi connectivity index (χ3n) is 4.65. The normalized spacial score (nSPS) is 21.2. The summed E-state index contributed by atoms with van der Waals surface area (Å²) in [7, 11) is 0. The summed E-state index contributed by atoms with van der Waals surface area (Å²) in [6.07, 6.45) is 6.13. The first-order valence-electron chi connectivity index (χ1n) is 8.42. The Kier molecular flexibility index (Phi) is 4.71. The maximum atomic E-state index is 12.6. The van der Waals surface area contributed by atoms with Gasteiger partial charge in [-0.25, -0.2) is 14.6 Å². The van der Waals surface area contributed by atoms with Gasteiger partial charge >= 0.3 is 0 Å². The van der Waals surface area contributed by atoms with E-state index in [1.54, 1.807) is 20.0 Å². The van der Waals surface area contributed by atoms with Crippen LogP contribution in [-0.4, -0.2) is 56.0 Å². The summed E-state index contributed by atoms with van der Waals surface area (Å²) in [5.74, 6) is 0.635. The first kappa shape index (κ1) is 17.3. The van der Waals surface area contributed by atoms with E-state index in [-0.39, 0.29) is 12.5 Å². The van der Waals surface area contributed by atoms with Gasteiger partial charge in [-0.05, 0) is 38.8 Å². The van der Waals surface area contributed by atoms with Crippen LogP contribution in [0.5, 0.6) is 0 Å². The zero-order valence-corrected chi connectivity index (χ0v) is 14.6. The highest BCUT2D eigenvalue weighted by molar-refractivity contribution is 5.83. The average Bonchev–Trinajstić information content (AvgIpc) is 3.16. The molecule has 0 aromatic carbocycles. The summed E-state index contributed by atoms with van der Waals surface area (Å²) in [5, 5.41) is 17.8. The third kappa shape index (κ3) is 3.79. The Morgan fingerprint density at radius 1 is 1.44 bits per heavy atom. The van der Waals surface area contributed by atoms with Crippen molar-refractivity contribution < 1.29 is 9.90 Å². The number of nitrogens with zero attached hydrogens (tertiary/aromatic N) is 5. The minimum absolute atomic E-state index is 0.188. The molecule has 0 saturated carbocycles. The number of carbonyl (C=O) groups is 1. The van der Waals surface area contributed by atoms with E-state index in [2.05, 4.69) is 25.3 Å². The summed E-state index contributed by atoms with van der Waals surface area (Å²) >= 11 is 0. The predicted octanol–water partition coefficient (Wildman–Crippen LogP) is 0.556. The highest BCUT2D eigenvalue weighted by atomic mass is 16.3. The van der Waals surface area contributed by atoms with Crippen molar-refractivity contribution in [2.45, 2.75) is 37.8 Å². The first-order valence-corrected chi connectivity index (χ1v) is 8.42. The maximum absolute atomic E-state index is 12.6. The Morgan fingerprint density at radius 3 is 2.96 bits per heavy atom. The highest BCUT2D eigenvalue weighted by Crippen LogP contribution is 2.24. The van der Waals surface area contributed by atoms with E-state index >= 15 is 0 Å². The molecule has 1 saturated heterocycles. The van der Waals surface area contributed by atoms with E-state index in [1.807, 2.05) is 18.2 Å². The SMILES string of the molecule is CC(C)(C(=O)NC[C@]1(O)CCCN(c2ccccn2)C1)n1cncn1. The van der Waals surface area contributed by atoms with Crippen LogP contribution in [0.2, 0.25) is 0 Å². The fourth-order valence-electron chi connectivity index (χ4n) is 3.06. The monoisotopic (exact) mass is 344 g/mol. The number of aliphatic hydroxyl groups is 1. The number of aromatic nitrogens is 4. The van der Waals surface area contributed by atoms with Gasteiger partial charge < -0.3 is 15.3 Å². The second-order valence-electron chi connectivity index (χ2n) is 7.02. The molecule has 8 nitrogen and oxygen atoms in total. The topological polar surface area (TPSA) is 96.2 Å². The van der Waals surface area contributed by atoms with Crippen LogP contribution in [0.3, 0.4) is 0 Å². The minimum Gasteiger partial charge on any atom is -0.386 e. The Hall–Kier alpha value is -2.48. The minimum atomic E-state index is -0.982. The van der Waals surface area contributed by atoms with Crippen molar-refractivity contribution in [2.24, 2.45) is 0 Å². The van der Waals surface area contributed by atoms with Crippen molar-refractivity contribution >= 4 is 11.7 Å². The average molecular weight is 344 g/mol. The van der Waals surface area contributed by atoms with Crippen LogP contribution in [0.1, 0.15) is 26.7 Å². The van der Waals surface area contributed by atoms with Crippen molar-refractivity contribution in [3.63, 3.8) is 0 Å². The Labute approximate surface area is 146 Å². The summed E-state index contributed by atoms with van der Waals surface area (Å²) in [6.45, 7) is 5.00. The number of anilines is 1. The van der Waals surface area contributed by atoms with Crippen LogP contribution >= 0.6 is 0 Å². The number of hydrogen-bond acceptors (Lipinski definition) is 6. The Morgan fingerprint density at radius 2 is 2.28 bits per heavy atom. The predicted molar refractivity (Wildman–Crippen MR) is 93.0 cm³/mol. The molecular weight excluding hydrogens is 320 g/mol. The molecule has 0 aliphatic carbocycles. The number of amides is 1. The van der Waals surface area contributed by atoms with Gasteiger partial charge in [-0.15, -0.1) is 0 Å². The van der Waals surface area contributed by atoms with Crippen LogP contribution in [0.4, 0.5) is 5.82 Å². The summed E-state index contributed by atoms with van der Waals surface area (Å²) < 4.78 is 1.51. The zero-order valence-electron chi connectivity index (χ0n) is 14.6. The molecule has 0 unspecified atom stereocenters. The number of nitrogens with one attached hydrogen (secondary N) is 1. The highest BCUT2D eigenvalue weighted by Gasteiger charge is 2.37. The number of rotatable bonds is 5. The molecule has 0 radical (unpaired) electrons. The lowest BCUT2D eigenvalue weighted by Crippen LogP contribution is -2.56. The molecule has 1 amide bonds. The van der Waals surface area contributed by atoms with Gasteiger partial charge in [0.05, 0.1) is 5.60 Å². The third-order valence-corrected chi connectivity index (χ3v) is 4.65. The lowest BCUT2D eigenvalue weighted by Gasteiger charge is -2.40. The molecule has 2 aromatic rings. The maximum Gasteiger partial charge on any atom is 0.247 e. The van der Waals surface area contributed by atoms with E-state index in [0.29, 0.717) is 13.0 Å². The Bertz CT molecular complexity index is 703. The number of piperidine rings is 1. The molecule has 2 aromatic heterocycles. The number of β-amino-alcohol motifs (C(OH)–C–C–N with tert-alkyl or cyclic N) is 1. The molecule has 0 bridgehead atoms. The van der Waals surface area contributed by atoms with Crippen LogP contribution in [0.15, 0.2) is 37.1 Å². The Balaban J connectivity index is 1.63. The molecule has 1 atom stereocenters. The largest absolute Gasteiger partial charge is 0.386 e. The summed E-state index contributed by atoms with van der Waals surface area (Å²) in [5.41, 5.74) is -1.86. The molecule has 2 N–H and O–H groups in total. The van der Waals surface area contributed by atoms with Gasteiger partial charge in [-0.2, -0.15) is 5.10 Å². The standard InChI is InChI=1S/C17H24N6O2/c1-16(2,23-13-18-12-21-23)15(24)20-10-17(25)7-5-9-22(11-17)14-6-3-4-8-19-14/h3-4,6,8,12-13,25H,5,7,9-11H2,1-2H3,(H,20,24)/t17-/m1/s1. The molecule has 1 aliphatic heterocycles. The smallest absolute Gasteiger partial charge is 0.247 e. The zero-order chi connectivity index (χ0) is 17.9. The second kappa shape index (κ2) is 6.79. The van der Waals surface area contributed by atoms with E-state index in [4.69, 9.17) is 0 Å². The van der Waals surface area contributed by atoms with Crippen molar-refractivity contribution in [1.29, 1.82) is 0 Å². The molecule has 1 aliphatic rings.